The molecule has 1 fully saturated rings. The Morgan fingerprint density at radius 3 is 2.35 bits per heavy atom. The predicted octanol–water partition coefficient (Wildman–Crippen LogP) is 3.72. The fourth-order valence-corrected chi connectivity index (χ4v) is 5.08. The van der Waals surface area contributed by atoms with Crippen molar-refractivity contribution in [1.82, 2.24) is 10.2 Å². The van der Waals surface area contributed by atoms with Gasteiger partial charge in [-0.3, -0.25) is 13.9 Å². The van der Waals surface area contributed by atoms with Crippen molar-refractivity contribution >= 4 is 39.1 Å². The maximum Gasteiger partial charge on any atom is 0.244 e. The Labute approximate surface area is 204 Å². The number of para-hydroxylation sites is 1. The Morgan fingerprint density at radius 1 is 1.12 bits per heavy atom. The van der Waals surface area contributed by atoms with Crippen LogP contribution in [0.4, 0.5) is 10.1 Å². The molecule has 0 bridgehead atoms. The molecule has 2 amide bonds. The average molecular weight is 510 g/mol. The summed E-state index contributed by atoms with van der Waals surface area (Å²) in [7, 11) is -4.00. The van der Waals surface area contributed by atoms with E-state index in [1.54, 1.807) is 31.2 Å². The Kier molecular flexibility index (Phi) is 8.54. The van der Waals surface area contributed by atoms with Crippen LogP contribution in [0.25, 0.3) is 0 Å². The lowest BCUT2D eigenvalue weighted by Gasteiger charge is -2.32. The van der Waals surface area contributed by atoms with Gasteiger partial charge in [0.05, 0.1) is 11.9 Å². The highest BCUT2D eigenvalue weighted by molar-refractivity contribution is 7.92. The van der Waals surface area contributed by atoms with E-state index in [4.69, 9.17) is 11.6 Å². The molecule has 0 saturated heterocycles. The largest absolute Gasteiger partial charge is 0.352 e. The van der Waals surface area contributed by atoms with Crippen LogP contribution in [0.5, 0.6) is 0 Å². The van der Waals surface area contributed by atoms with E-state index >= 15 is 0 Å². The maximum absolute atomic E-state index is 14.4. The Morgan fingerprint density at radius 2 is 1.74 bits per heavy atom. The van der Waals surface area contributed by atoms with Gasteiger partial charge >= 0.3 is 0 Å². The minimum Gasteiger partial charge on any atom is -0.352 e. The molecule has 1 aliphatic carbocycles. The van der Waals surface area contributed by atoms with Crippen molar-refractivity contribution in [3.8, 4) is 0 Å². The lowest BCUT2D eigenvalue weighted by atomic mass is 10.1. The minimum absolute atomic E-state index is 0.00731. The fourth-order valence-electron chi connectivity index (χ4n) is 4.03. The molecule has 0 heterocycles. The van der Waals surface area contributed by atoms with E-state index in [1.807, 2.05) is 0 Å². The average Bonchev–Trinajstić information content (AvgIpc) is 3.29. The normalized spacial score (nSPS) is 15.1. The van der Waals surface area contributed by atoms with Gasteiger partial charge in [0.2, 0.25) is 21.8 Å². The van der Waals surface area contributed by atoms with Crippen molar-refractivity contribution < 1.29 is 22.4 Å². The first kappa shape index (κ1) is 26.0. The van der Waals surface area contributed by atoms with Crippen molar-refractivity contribution in [2.24, 2.45) is 0 Å². The molecule has 10 heteroatoms. The fraction of sp³-hybridized carbons (Fsp3) is 0.417. The number of halogens is 2. The number of rotatable bonds is 9. The number of carbonyl (C=O) groups is 2. The van der Waals surface area contributed by atoms with Crippen molar-refractivity contribution in [2.75, 3.05) is 17.1 Å². The third-order valence-electron chi connectivity index (χ3n) is 5.97. The molecule has 0 aliphatic heterocycles. The van der Waals surface area contributed by atoms with Crippen LogP contribution in [0.15, 0.2) is 48.5 Å². The first-order valence-corrected chi connectivity index (χ1v) is 13.4. The molecule has 0 aromatic heterocycles. The summed E-state index contributed by atoms with van der Waals surface area (Å²) < 4.78 is 40.1. The summed E-state index contributed by atoms with van der Waals surface area (Å²) in [5.41, 5.74) is 0.369. The van der Waals surface area contributed by atoms with Gasteiger partial charge in [0.1, 0.15) is 18.4 Å². The highest BCUT2D eigenvalue weighted by Gasteiger charge is 2.32. The van der Waals surface area contributed by atoms with E-state index in [9.17, 15) is 22.4 Å². The number of benzene rings is 2. The second-order valence-corrected chi connectivity index (χ2v) is 10.8. The summed E-state index contributed by atoms with van der Waals surface area (Å²) in [5.74, 6) is -1.75. The topological polar surface area (TPSA) is 86.8 Å². The van der Waals surface area contributed by atoms with Gasteiger partial charge in [-0.05, 0) is 43.5 Å². The van der Waals surface area contributed by atoms with Gasteiger partial charge in [-0.15, -0.1) is 0 Å². The Bertz CT molecular complexity index is 1140. The molecule has 1 saturated carbocycles. The van der Waals surface area contributed by atoms with E-state index < -0.39 is 34.3 Å². The minimum atomic E-state index is -4.00. The molecule has 2 aromatic rings. The first-order valence-electron chi connectivity index (χ1n) is 11.1. The SMILES string of the molecule is C[C@@H](C(=O)NC1CCCC1)N(Cc1ccccc1Cl)C(=O)CN(c1ccccc1F)S(C)(=O)=O. The van der Waals surface area contributed by atoms with Crippen LogP contribution < -0.4 is 9.62 Å². The number of amides is 2. The molecule has 184 valence electrons. The summed E-state index contributed by atoms with van der Waals surface area (Å²) >= 11 is 6.30. The number of carbonyl (C=O) groups excluding carboxylic acids is 2. The molecule has 7 nitrogen and oxygen atoms in total. The number of hydrogen-bond donors (Lipinski definition) is 1. The molecule has 2 aromatic carbocycles. The summed E-state index contributed by atoms with van der Waals surface area (Å²) in [5, 5.41) is 3.40. The maximum atomic E-state index is 14.4. The van der Waals surface area contributed by atoms with E-state index in [0.29, 0.717) is 14.9 Å². The molecular weight excluding hydrogens is 481 g/mol. The number of nitrogens with zero attached hydrogens (tertiary/aromatic N) is 2. The van der Waals surface area contributed by atoms with Gasteiger partial charge in [0.15, 0.2) is 0 Å². The van der Waals surface area contributed by atoms with E-state index in [-0.39, 0.29) is 24.2 Å². The monoisotopic (exact) mass is 509 g/mol. The first-order chi connectivity index (χ1) is 16.1. The van der Waals surface area contributed by atoms with E-state index in [1.165, 1.54) is 23.1 Å². The van der Waals surface area contributed by atoms with Crippen molar-refractivity contribution in [1.29, 1.82) is 0 Å². The van der Waals surface area contributed by atoms with Gasteiger partial charge in [-0.2, -0.15) is 0 Å². The van der Waals surface area contributed by atoms with Crippen LogP contribution in [0.1, 0.15) is 38.2 Å². The Hall–Kier alpha value is -2.65. The number of hydrogen-bond acceptors (Lipinski definition) is 4. The van der Waals surface area contributed by atoms with Gasteiger partial charge in [-0.25, -0.2) is 12.8 Å². The van der Waals surface area contributed by atoms with Crippen LogP contribution in [-0.2, 0) is 26.2 Å². The predicted molar refractivity (Wildman–Crippen MR) is 130 cm³/mol. The third kappa shape index (κ3) is 6.48. The van der Waals surface area contributed by atoms with E-state index in [2.05, 4.69) is 5.32 Å². The van der Waals surface area contributed by atoms with Gasteiger partial charge in [-0.1, -0.05) is 54.8 Å². The summed E-state index contributed by atoms with van der Waals surface area (Å²) in [6.07, 6.45) is 4.74. The lowest BCUT2D eigenvalue weighted by Crippen LogP contribution is -2.52. The third-order valence-corrected chi connectivity index (χ3v) is 7.46. The molecule has 3 rings (SSSR count). The van der Waals surface area contributed by atoms with Crippen LogP contribution in [0.2, 0.25) is 5.02 Å². The molecule has 1 N–H and O–H groups in total. The summed E-state index contributed by atoms with van der Waals surface area (Å²) in [4.78, 5) is 27.7. The highest BCUT2D eigenvalue weighted by atomic mass is 35.5. The van der Waals surface area contributed by atoms with Crippen LogP contribution in [-0.4, -0.2) is 50.0 Å². The summed E-state index contributed by atoms with van der Waals surface area (Å²) in [6, 6.07) is 11.4. The summed E-state index contributed by atoms with van der Waals surface area (Å²) in [6.45, 7) is 0.921. The van der Waals surface area contributed by atoms with Crippen molar-refractivity contribution in [3.63, 3.8) is 0 Å². The zero-order valence-corrected chi connectivity index (χ0v) is 20.8. The standard InChI is InChI=1S/C24H29ClFN3O4S/c1-17(24(31)27-19-10-4-5-11-19)28(15-18-9-3-6-12-20(18)25)23(30)16-29(34(2,32)33)22-14-8-7-13-21(22)26/h3,6-9,12-14,17,19H,4-5,10-11,15-16H2,1-2H3,(H,27,31)/t17-/m0/s1. The number of anilines is 1. The van der Waals surface area contributed by atoms with Crippen molar-refractivity contribution in [2.45, 2.75) is 51.2 Å². The zero-order chi connectivity index (χ0) is 24.9. The highest BCUT2D eigenvalue weighted by Crippen LogP contribution is 2.24. The van der Waals surface area contributed by atoms with E-state index in [0.717, 1.165) is 38.0 Å². The molecule has 0 spiro atoms. The Balaban J connectivity index is 1.90. The second-order valence-electron chi connectivity index (χ2n) is 8.50. The number of sulfonamides is 1. The van der Waals surface area contributed by atoms with Crippen molar-refractivity contribution in [3.05, 3.63) is 64.9 Å². The van der Waals surface area contributed by atoms with Crippen LogP contribution >= 0.6 is 11.6 Å². The van der Waals surface area contributed by atoms with Crippen LogP contribution in [0, 0.1) is 5.82 Å². The molecular formula is C24H29ClFN3O4S. The molecule has 1 aliphatic rings. The molecule has 0 radical (unpaired) electrons. The quantitative estimate of drug-likeness (QED) is 0.558. The smallest absolute Gasteiger partial charge is 0.244 e. The van der Waals surface area contributed by atoms with Crippen LogP contribution in [0.3, 0.4) is 0 Å². The van der Waals surface area contributed by atoms with Gasteiger partial charge in [0.25, 0.3) is 0 Å². The van der Waals surface area contributed by atoms with Gasteiger partial charge in [0, 0.05) is 17.6 Å². The molecule has 1 atom stereocenters. The lowest BCUT2D eigenvalue weighted by molar-refractivity contribution is -0.139. The number of nitrogens with one attached hydrogen (secondary N) is 1. The molecule has 0 unspecified atom stereocenters. The van der Waals surface area contributed by atoms with Gasteiger partial charge < -0.3 is 10.2 Å². The zero-order valence-electron chi connectivity index (χ0n) is 19.2. The second kappa shape index (κ2) is 11.2. The molecule has 34 heavy (non-hydrogen) atoms.